The summed E-state index contributed by atoms with van der Waals surface area (Å²) in [4.78, 5) is 16.9. The molecule has 1 atom stereocenters. The molecule has 0 radical (unpaired) electrons. The minimum Gasteiger partial charge on any atom is -0.496 e. The van der Waals surface area contributed by atoms with Crippen molar-refractivity contribution in [1.29, 1.82) is 0 Å². The molecule has 34 heavy (non-hydrogen) atoms. The molecule has 1 saturated heterocycles. The highest BCUT2D eigenvalue weighted by Gasteiger charge is 2.27. The summed E-state index contributed by atoms with van der Waals surface area (Å²) in [5.41, 5.74) is 3.30. The number of benzene rings is 2. The number of nitrogens with zero attached hydrogens (tertiary/aromatic N) is 3. The van der Waals surface area contributed by atoms with Crippen LogP contribution in [0.5, 0.6) is 5.75 Å². The highest BCUT2D eigenvalue weighted by Crippen LogP contribution is 2.32. The first-order valence-corrected chi connectivity index (χ1v) is 12.5. The second-order valence-electron chi connectivity index (χ2n) is 8.36. The van der Waals surface area contributed by atoms with Crippen LogP contribution in [0.15, 0.2) is 78.3 Å². The summed E-state index contributed by atoms with van der Waals surface area (Å²) in [6, 6.07) is 22.0. The minimum absolute atomic E-state index is 0.0527. The van der Waals surface area contributed by atoms with Crippen LogP contribution in [-0.4, -0.2) is 47.3 Å². The van der Waals surface area contributed by atoms with Gasteiger partial charge in [-0.1, -0.05) is 42.5 Å². The van der Waals surface area contributed by atoms with E-state index in [9.17, 15) is 4.79 Å². The SMILES string of the molecule is COc1ccccc1C(CNC(=O)c1cn(-c2ccccc2)nc1-c1cccs1)N1CCCC1. The number of aromatic nitrogens is 2. The molecular formula is C27H28N4O2S. The maximum Gasteiger partial charge on any atom is 0.255 e. The van der Waals surface area contributed by atoms with Crippen LogP contribution in [0.3, 0.4) is 0 Å². The quantitative estimate of drug-likeness (QED) is 0.384. The van der Waals surface area contributed by atoms with Gasteiger partial charge in [0.1, 0.15) is 11.4 Å². The lowest BCUT2D eigenvalue weighted by molar-refractivity contribution is 0.0938. The Balaban J connectivity index is 1.43. The first-order chi connectivity index (χ1) is 16.7. The topological polar surface area (TPSA) is 59.4 Å². The molecule has 1 N–H and O–H groups in total. The number of amides is 1. The second kappa shape index (κ2) is 10.2. The van der Waals surface area contributed by atoms with Gasteiger partial charge in [-0.15, -0.1) is 11.3 Å². The lowest BCUT2D eigenvalue weighted by Gasteiger charge is -2.29. The largest absolute Gasteiger partial charge is 0.496 e. The average molecular weight is 473 g/mol. The Morgan fingerprint density at radius 2 is 1.82 bits per heavy atom. The fraction of sp³-hybridized carbons (Fsp3) is 0.259. The van der Waals surface area contributed by atoms with Crippen LogP contribution in [-0.2, 0) is 0 Å². The van der Waals surface area contributed by atoms with E-state index in [1.807, 2.05) is 72.2 Å². The van der Waals surface area contributed by atoms with Crippen molar-refractivity contribution in [3.63, 3.8) is 0 Å². The maximum atomic E-state index is 13.5. The highest BCUT2D eigenvalue weighted by atomic mass is 32.1. The highest BCUT2D eigenvalue weighted by molar-refractivity contribution is 7.13. The second-order valence-corrected chi connectivity index (χ2v) is 9.31. The minimum atomic E-state index is -0.121. The molecule has 7 heteroatoms. The zero-order chi connectivity index (χ0) is 23.3. The van der Waals surface area contributed by atoms with Gasteiger partial charge in [-0.2, -0.15) is 5.10 Å². The van der Waals surface area contributed by atoms with E-state index in [0.29, 0.717) is 17.8 Å². The Hall–Kier alpha value is -3.42. The first kappa shape index (κ1) is 22.4. The van der Waals surface area contributed by atoms with Crippen molar-refractivity contribution in [1.82, 2.24) is 20.0 Å². The Morgan fingerprint density at radius 3 is 2.56 bits per heavy atom. The third-order valence-corrected chi connectivity index (χ3v) is 7.15. The molecule has 1 unspecified atom stereocenters. The summed E-state index contributed by atoms with van der Waals surface area (Å²) in [6.07, 6.45) is 4.17. The molecule has 1 aliphatic rings. The van der Waals surface area contributed by atoms with Gasteiger partial charge in [0.25, 0.3) is 5.91 Å². The summed E-state index contributed by atoms with van der Waals surface area (Å²) in [6.45, 7) is 2.54. The number of hydrogen-bond donors (Lipinski definition) is 1. The summed E-state index contributed by atoms with van der Waals surface area (Å²) in [7, 11) is 1.70. The van der Waals surface area contributed by atoms with Gasteiger partial charge in [0.2, 0.25) is 0 Å². The summed E-state index contributed by atoms with van der Waals surface area (Å²) >= 11 is 1.58. The number of para-hydroxylation sites is 2. The number of carbonyl (C=O) groups is 1. The molecule has 174 valence electrons. The average Bonchev–Trinajstić information content (AvgIpc) is 3.66. The monoisotopic (exact) mass is 472 g/mol. The van der Waals surface area contributed by atoms with Crippen molar-refractivity contribution in [3.05, 3.63) is 89.4 Å². The first-order valence-electron chi connectivity index (χ1n) is 11.6. The van der Waals surface area contributed by atoms with Gasteiger partial charge in [0.05, 0.1) is 29.3 Å². The molecule has 1 fully saturated rings. The fourth-order valence-electron chi connectivity index (χ4n) is 4.56. The van der Waals surface area contributed by atoms with E-state index in [-0.39, 0.29) is 11.9 Å². The molecule has 0 spiro atoms. The van der Waals surface area contributed by atoms with Crippen LogP contribution >= 0.6 is 11.3 Å². The Morgan fingerprint density at radius 1 is 1.06 bits per heavy atom. The normalized spacial score (nSPS) is 14.7. The zero-order valence-corrected chi connectivity index (χ0v) is 20.0. The van der Waals surface area contributed by atoms with E-state index in [2.05, 4.69) is 16.3 Å². The molecule has 0 saturated carbocycles. The Labute approximate surface area is 203 Å². The molecular weight excluding hydrogens is 444 g/mol. The van der Waals surface area contributed by atoms with Crippen LogP contribution in [0.4, 0.5) is 0 Å². The molecule has 5 rings (SSSR count). The number of nitrogens with one attached hydrogen (secondary N) is 1. The van der Waals surface area contributed by atoms with E-state index in [0.717, 1.165) is 35.0 Å². The molecule has 3 heterocycles. The third-order valence-electron chi connectivity index (χ3n) is 6.27. The standard InChI is InChI=1S/C27H28N4O2S/c1-33-24-13-6-5-12-21(24)23(30-15-7-8-16-30)18-28-27(32)22-19-31(20-10-3-2-4-11-20)29-26(22)25-14-9-17-34-25/h2-6,9-14,17,19,23H,7-8,15-16,18H2,1H3,(H,28,32). The van der Waals surface area contributed by atoms with Crippen LogP contribution in [0.25, 0.3) is 16.3 Å². The predicted octanol–water partition coefficient (Wildman–Crippen LogP) is 5.18. The van der Waals surface area contributed by atoms with Gasteiger partial charge < -0.3 is 10.1 Å². The van der Waals surface area contributed by atoms with Gasteiger partial charge >= 0.3 is 0 Å². The fourth-order valence-corrected chi connectivity index (χ4v) is 5.29. The van der Waals surface area contributed by atoms with Gasteiger partial charge in [0, 0.05) is 18.3 Å². The van der Waals surface area contributed by atoms with E-state index in [4.69, 9.17) is 9.84 Å². The summed E-state index contributed by atoms with van der Waals surface area (Å²) in [5.74, 6) is 0.731. The van der Waals surface area contributed by atoms with Crippen LogP contribution in [0.2, 0.25) is 0 Å². The van der Waals surface area contributed by atoms with Crippen molar-refractivity contribution in [2.45, 2.75) is 18.9 Å². The zero-order valence-electron chi connectivity index (χ0n) is 19.2. The summed E-state index contributed by atoms with van der Waals surface area (Å²) < 4.78 is 7.43. The number of likely N-dealkylation sites (tertiary alicyclic amines) is 1. The lowest BCUT2D eigenvalue weighted by Crippen LogP contribution is -2.37. The van der Waals surface area contributed by atoms with Crippen LogP contribution < -0.4 is 10.1 Å². The molecule has 1 aliphatic heterocycles. The third kappa shape index (κ3) is 4.62. The molecule has 6 nitrogen and oxygen atoms in total. The van der Waals surface area contributed by atoms with Crippen molar-refractivity contribution >= 4 is 17.2 Å². The molecule has 0 aliphatic carbocycles. The smallest absolute Gasteiger partial charge is 0.255 e. The molecule has 2 aromatic heterocycles. The number of hydrogen-bond acceptors (Lipinski definition) is 5. The Bertz CT molecular complexity index is 1230. The maximum absolute atomic E-state index is 13.5. The number of thiophene rings is 1. The molecule has 0 bridgehead atoms. The van der Waals surface area contributed by atoms with E-state index in [1.165, 1.54) is 12.8 Å². The van der Waals surface area contributed by atoms with Crippen LogP contribution in [0.1, 0.15) is 34.8 Å². The van der Waals surface area contributed by atoms with E-state index >= 15 is 0 Å². The van der Waals surface area contributed by atoms with E-state index in [1.54, 1.807) is 23.1 Å². The number of ether oxygens (including phenoxy) is 1. The van der Waals surface area contributed by atoms with Gasteiger partial charge in [0.15, 0.2) is 0 Å². The van der Waals surface area contributed by atoms with Gasteiger partial charge in [-0.25, -0.2) is 4.68 Å². The van der Waals surface area contributed by atoms with Crippen molar-refractivity contribution in [3.8, 4) is 22.0 Å². The predicted molar refractivity (Wildman–Crippen MR) is 136 cm³/mol. The van der Waals surface area contributed by atoms with Crippen molar-refractivity contribution < 1.29 is 9.53 Å². The van der Waals surface area contributed by atoms with Gasteiger partial charge in [-0.3, -0.25) is 9.69 Å². The number of rotatable bonds is 8. The van der Waals surface area contributed by atoms with Gasteiger partial charge in [-0.05, 0) is 55.6 Å². The summed E-state index contributed by atoms with van der Waals surface area (Å²) in [5, 5.41) is 9.98. The van der Waals surface area contributed by atoms with Crippen molar-refractivity contribution in [2.24, 2.45) is 0 Å². The molecule has 1 amide bonds. The number of methoxy groups -OCH3 is 1. The lowest BCUT2D eigenvalue weighted by atomic mass is 10.0. The van der Waals surface area contributed by atoms with E-state index < -0.39 is 0 Å². The number of carbonyl (C=O) groups excluding carboxylic acids is 1. The van der Waals surface area contributed by atoms with Crippen molar-refractivity contribution in [2.75, 3.05) is 26.7 Å². The molecule has 2 aromatic carbocycles. The molecule has 4 aromatic rings. The van der Waals surface area contributed by atoms with Crippen LogP contribution in [0, 0.1) is 0 Å². The Kier molecular flexibility index (Phi) is 6.74.